The Morgan fingerprint density at radius 1 is 0.957 bits per heavy atom. The number of benzene rings is 2. The maximum atomic E-state index is 12.5. The van der Waals surface area contributed by atoms with Gasteiger partial charge in [-0.3, -0.25) is 4.72 Å². The number of rotatable bonds is 4. The fourth-order valence-corrected chi connectivity index (χ4v) is 3.50. The summed E-state index contributed by atoms with van der Waals surface area (Å²) in [5.41, 5.74) is 3.40. The number of nitrogens with one attached hydrogen (secondary N) is 1. The molecule has 2 aromatic carbocycles. The third-order valence-electron chi connectivity index (χ3n) is 3.60. The largest absolute Gasteiger partial charge is 0.464 e. The van der Waals surface area contributed by atoms with Crippen LogP contribution < -0.4 is 4.72 Å². The van der Waals surface area contributed by atoms with Crippen molar-refractivity contribution in [1.82, 2.24) is 0 Å². The van der Waals surface area contributed by atoms with Crippen molar-refractivity contribution in [2.24, 2.45) is 0 Å². The highest BCUT2D eigenvalue weighted by atomic mass is 32.2. The summed E-state index contributed by atoms with van der Waals surface area (Å²) in [5.74, 6) is 0.705. The van der Waals surface area contributed by atoms with Gasteiger partial charge in [0, 0.05) is 5.56 Å². The lowest BCUT2D eigenvalue weighted by molar-refractivity contribution is 0.582. The molecule has 1 heterocycles. The Labute approximate surface area is 135 Å². The molecule has 0 radical (unpaired) electrons. The van der Waals surface area contributed by atoms with Gasteiger partial charge in [-0.1, -0.05) is 17.7 Å². The average Bonchev–Trinajstić information content (AvgIpc) is 3.05. The van der Waals surface area contributed by atoms with Gasteiger partial charge in [-0.2, -0.15) is 0 Å². The first-order valence-corrected chi connectivity index (χ1v) is 8.68. The van der Waals surface area contributed by atoms with E-state index in [2.05, 4.69) is 4.72 Å². The fourth-order valence-electron chi connectivity index (χ4n) is 2.37. The number of anilines is 1. The monoisotopic (exact) mass is 327 g/mol. The first-order chi connectivity index (χ1) is 11.0. The van der Waals surface area contributed by atoms with Crippen LogP contribution >= 0.6 is 0 Å². The maximum absolute atomic E-state index is 12.5. The van der Waals surface area contributed by atoms with Gasteiger partial charge in [0.2, 0.25) is 0 Å². The minimum Gasteiger partial charge on any atom is -0.464 e. The van der Waals surface area contributed by atoms with E-state index in [0.29, 0.717) is 11.4 Å². The van der Waals surface area contributed by atoms with Gasteiger partial charge in [0.15, 0.2) is 0 Å². The molecule has 1 N–H and O–H groups in total. The van der Waals surface area contributed by atoms with E-state index < -0.39 is 10.0 Å². The molecule has 3 rings (SSSR count). The summed E-state index contributed by atoms with van der Waals surface area (Å²) in [7, 11) is -3.61. The van der Waals surface area contributed by atoms with Crippen molar-refractivity contribution in [3.63, 3.8) is 0 Å². The Morgan fingerprint density at radius 2 is 1.70 bits per heavy atom. The highest BCUT2D eigenvalue weighted by Crippen LogP contribution is 2.24. The second-order valence-corrected chi connectivity index (χ2v) is 7.11. The number of hydrogen-bond acceptors (Lipinski definition) is 3. The van der Waals surface area contributed by atoms with Crippen LogP contribution in [0.25, 0.3) is 11.3 Å². The molecule has 0 spiro atoms. The Balaban J connectivity index is 1.87. The topological polar surface area (TPSA) is 59.3 Å². The Hall–Kier alpha value is -2.53. The van der Waals surface area contributed by atoms with Gasteiger partial charge in [0.1, 0.15) is 5.76 Å². The third-order valence-corrected chi connectivity index (χ3v) is 4.98. The quantitative estimate of drug-likeness (QED) is 0.774. The van der Waals surface area contributed by atoms with E-state index in [9.17, 15) is 8.42 Å². The number of furan rings is 1. The fraction of sp³-hybridized carbons (Fsp3) is 0.111. The third kappa shape index (κ3) is 3.29. The molecular formula is C18H17NO3S. The molecule has 0 aliphatic heterocycles. The van der Waals surface area contributed by atoms with Crippen LogP contribution in [0.2, 0.25) is 0 Å². The van der Waals surface area contributed by atoms with Crippen molar-refractivity contribution in [1.29, 1.82) is 0 Å². The van der Waals surface area contributed by atoms with Crippen molar-refractivity contribution in [3.05, 3.63) is 72.0 Å². The zero-order valence-electron chi connectivity index (χ0n) is 12.9. The van der Waals surface area contributed by atoms with Gasteiger partial charge in [-0.15, -0.1) is 0 Å². The summed E-state index contributed by atoms with van der Waals surface area (Å²) in [6, 6.07) is 15.8. The second-order valence-electron chi connectivity index (χ2n) is 5.43. The van der Waals surface area contributed by atoms with E-state index in [-0.39, 0.29) is 4.90 Å². The normalized spacial score (nSPS) is 11.4. The van der Waals surface area contributed by atoms with Crippen LogP contribution in [0.15, 0.2) is 70.2 Å². The van der Waals surface area contributed by atoms with Gasteiger partial charge in [0.25, 0.3) is 10.0 Å². The highest BCUT2D eigenvalue weighted by molar-refractivity contribution is 7.92. The predicted molar refractivity (Wildman–Crippen MR) is 90.9 cm³/mol. The van der Waals surface area contributed by atoms with Crippen molar-refractivity contribution in [2.75, 3.05) is 4.72 Å². The van der Waals surface area contributed by atoms with Crippen LogP contribution in [-0.2, 0) is 10.0 Å². The standard InChI is InChI=1S/C18H17NO3S/c1-13-5-10-17(14(2)12-13)19-23(20,21)16-8-6-15(7-9-16)18-4-3-11-22-18/h3-12,19H,1-2H3. The number of aryl methyl sites for hydroxylation is 2. The summed E-state index contributed by atoms with van der Waals surface area (Å²) in [6.07, 6.45) is 1.59. The molecule has 0 atom stereocenters. The molecule has 0 aliphatic rings. The van der Waals surface area contributed by atoms with Crippen LogP contribution in [0.3, 0.4) is 0 Å². The van der Waals surface area contributed by atoms with Crippen LogP contribution in [0, 0.1) is 13.8 Å². The molecule has 0 amide bonds. The smallest absolute Gasteiger partial charge is 0.261 e. The van der Waals surface area contributed by atoms with Crippen LogP contribution in [0.1, 0.15) is 11.1 Å². The second kappa shape index (κ2) is 5.93. The van der Waals surface area contributed by atoms with Crippen molar-refractivity contribution in [3.8, 4) is 11.3 Å². The van der Waals surface area contributed by atoms with Crippen molar-refractivity contribution < 1.29 is 12.8 Å². The van der Waals surface area contributed by atoms with Crippen LogP contribution in [-0.4, -0.2) is 8.42 Å². The first-order valence-electron chi connectivity index (χ1n) is 7.20. The highest BCUT2D eigenvalue weighted by Gasteiger charge is 2.15. The first kappa shape index (κ1) is 15.4. The van der Waals surface area contributed by atoms with Gasteiger partial charge < -0.3 is 4.42 Å². The summed E-state index contributed by atoms with van der Waals surface area (Å²) in [6.45, 7) is 3.85. The summed E-state index contributed by atoms with van der Waals surface area (Å²) >= 11 is 0. The molecule has 3 aromatic rings. The van der Waals surface area contributed by atoms with E-state index in [4.69, 9.17) is 4.42 Å². The summed E-state index contributed by atoms with van der Waals surface area (Å²) in [5, 5.41) is 0. The van der Waals surface area contributed by atoms with E-state index in [1.165, 1.54) is 0 Å². The molecule has 0 unspecified atom stereocenters. The van der Waals surface area contributed by atoms with Gasteiger partial charge in [-0.05, 0) is 61.9 Å². The predicted octanol–water partition coefficient (Wildman–Crippen LogP) is 4.36. The van der Waals surface area contributed by atoms with Crippen LogP contribution in [0.4, 0.5) is 5.69 Å². The zero-order valence-corrected chi connectivity index (χ0v) is 13.7. The minimum atomic E-state index is -3.61. The van der Waals surface area contributed by atoms with Crippen molar-refractivity contribution in [2.45, 2.75) is 18.7 Å². The lowest BCUT2D eigenvalue weighted by Crippen LogP contribution is -2.13. The van der Waals surface area contributed by atoms with E-state index >= 15 is 0 Å². The zero-order chi connectivity index (χ0) is 16.4. The lowest BCUT2D eigenvalue weighted by atomic mass is 10.1. The number of hydrogen-bond donors (Lipinski definition) is 1. The molecular weight excluding hydrogens is 310 g/mol. The molecule has 0 bridgehead atoms. The maximum Gasteiger partial charge on any atom is 0.261 e. The molecule has 0 saturated heterocycles. The SMILES string of the molecule is Cc1ccc(NS(=O)(=O)c2ccc(-c3ccco3)cc2)c(C)c1. The minimum absolute atomic E-state index is 0.216. The Kier molecular flexibility index (Phi) is 3.96. The van der Waals surface area contributed by atoms with E-state index in [1.54, 1.807) is 42.7 Å². The Bertz CT molecular complexity index is 911. The Morgan fingerprint density at radius 3 is 2.30 bits per heavy atom. The summed E-state index contributed by atoms with van der Waals surface area (Å²) in [4.78, 5) is 0.216. The molecule has 0 saturated carbocycles. The molecule has 0 fully saturated rings. The summed E-state index contributed by atoms with van der Waals surface area (Å²) < 4.78 is 32.9. The lowest BCUT2D eigenvalue weighted by Gasteiger charge is -2.11. The molecule has 5 heteroatoms. The van der Waals surface area contributed by atoms with Gasteiger partial charge in [0.05, 0.1) is 16.8 Å². The van der Waals surface area contributed by atoms with Crippen molar-refractivity contribution >= 4 is 15.7 Å². The van der Waals surface area contributed by atoms with Gasteiger partial charge in [-0.25, -0.2) is 8.42 Å². The molecule has 0 aliphatic carbocycles. The number of sulfonamides is 1. The van der Waals surface area contributed by atoms with Crippen LogP contribution in [0.5, 0.6) is 0 Å². The molecule has 23 heavy (non-hydrogen) atoms. The molecule has 4 nitrogen and oxygen atoms in total. The van der Waals surface area contributed by atoms with E-state index in [1.807, 2.05) is 32.0 Å². The molecule has 1 aromatic heterocycles. The molecule has 118 valence electrons. The average molecular weight is 327 g/mol. The van der Waals surface area contributed by atoms with E-state index in [0.717, 1.165) is 16.7 Å². The van der Waals surface area contributed by atoms with Gasteiger partial charge >= 0.3 is 0 Å².